The lowest BCUT2D eigenvalue weighted by Gasteiger charge is -2.17. The third-order valence-corrected chi connectivity index (χ3v) is 2.75. The number of hydrogen-bond acceptors (Lipinski definition) is 6. The van der Waals surface area contributed by atoms with Gasteiger partial charge in [0.05, 0.1) is 6.54 Å². The smallest absolute Gasteiger partial charge is 0.328 e. The number of carbonyl (C=O) groups is 2. The van der Waals surface area contributed by atoms with Crippen LogP contribution >= 0.6 is 0 Å². The van der Waals surface area contributed by atoms with Gasteiger partial charge < -0.3 is 15.5 Å². The first-order valence-corrected chi connectivity index (χ1v) is 6.76. The molecule has 1 aromatic rings. The Hall–Kier alpha value is -2.55. The minimum atomic E-state index is -1.26. The van der Waals surface area contributed by atoms with Crippen molar-refractivity contribution in [2.24, 2.45) is 0 Å². The molecule has 0 amide bonds. The van der Waals surface area contributed by atoms with E-state index >= 15 is 0 Å². The Kier molecular flexibility index (Phi) is 6.90. The first-order valence-electron chi connectivity index (χ1n) is 6.76. The Labute approximate surface area is 127 Å². The molecule has 1 aliphatic heterocycles. The van der Waals surface area contributed by atoms with Crippen molar-refractivity contribution in [3.63, 3.8) is 0 Å². The summed E-state index contributed by atoms with van der Waals surface area (Å²) in [5.41, 5.74) is 1.16. The van der Waals surface area contributed by atoms with Gasteiger partial charge in [-0.3, -0.25) is 0 Å². The molecule has 2 heterocycles. The molecular formula is C13H19N5O4. The zero-order valence-electron chi connectivity index (χ0n) is 12.4. The number of rotatable bonds is 4. The summed E-state index contributed by atoms with van der Waals surface area (Å²) >= 11 is 0. The Morgan fingerprint density at radius 3 is 2.45 bits per heavy atom. The topological polar surface area (TPSA) is 130 Å². The standard InChI is InChI=1S/C9H15N5.C4H4O4/c1-3-14-12-9(11-13-14)8-5-4-7(2)10-6-8;5-3(6)1-2-4(7)8/h5,7,10H,3-4,6H2,1-2H3;1-2H,(H,5,6)(H,7,8)/b;2-1-. The molecule has 9 nitrogen and oxygen atoms in total. The van der Waals surface area contributed by atoms with Crippen molar-refractivity contribution in [3.05, 3.63) is 24.1 Å². The van der Waals surface area contributed by atoms with Crippen LogP contribution in [-0.4, -0.2) is 54.9 Å². The number of aromatic nitrogens is 4. The summed E-state index contributed by atoms with van der Waals surface area (Å²) in [4.78, 5) is 20.7. The number of nitrogens with one attached hydrogen (secondary N) is 1. The molecular weight excluding hydrogens is 290 g/mol. The van der Waals surface area contributed by atoms with Crippen LogP contribution in [0.4, 0.5) is 0 Å². The van der Waals surface area contributed by atoms with Crippen LogP contribution in [0.1, 0.15) is 26.1 Å². The second kappa shape index (κ2) is 8.67. The maximum Gasteiger partial charge on any atom is 0.328 e. The van der Waals surface area contributed by atoms with Gasteiger partial charge in [0.2, 0.25) is 5.82 Å². The van der Waals surface area contributed by atoms with Gasteiger partial charge in [0.25, 0.3) is 0 Å². The zero-order chi connectivity index (χ0) is 16.5. The van der Waals surface area contributed by atoms with Crippen molar-refractivity contribution < 1.29 is 19.8 Å². The zero-order valence-corrected chi connectivity index (χ0v) is 12.4. The first kappa shape index (κ1) is 17.5. The van der Waals surface area contributed by atoms with Crippen molar-refractivity contribution in [3.8, 4) is 0 Å². The Morgan fingerprint density at radius 1 is 1.41 bits per heavy atom. The normalized spacial score (nSPS) is 17.5. The summed E-state index contributed by atoms with van der Waals surface area (Å²) in [5, 5.41) is 31.2. The quantitative estimate of drug-likeness (QED) is 0.671. The summed E-state index contributed by atoms with van der Waals surface area (Å²) in [6, 6.07) is 0.556. The second-order valence-electron chi connectivity index (χ2n) is 4.56. The number of carboxylic acids is 2. The monoisotopic (exact) mass is 309 g/mol. The van der Waals surface area contributed by atoms with Crippen LogP contribution in [0.25, 0.3) is 5.57 Å². The van der Waals surface area contributed by atoms with E-state index in [1.165, 1.54) is 0 Å². The van der Waals surface area contributed by atoms with E-state index in [1.54, 1.807) is 4.80 Å². The van der Waals surface area contributed by atoms with Gasteiger partial charge >= 0.3 is 11.9 Å². The van der Waals surface area contributed by atoms with Crippen molar-refractivity contribution >= 4 is 17.5 Å². The number of tetrazole rings is 1. The van der Waals surface area contributed by atoms with Crippen LogP contribution in [0.3, 0.4) is 0 Å². The predicted molar refractivity (Wildman–Crippen MR) is 78.0 cm³/mol. The van der Waals surface area contributed by atoms with Gasteiger partial charge in [-0.15, -0.1) is 10.2 Å². The molecule has 22 heavy (non-hydrogen) atoms. The van der Waals surface area contributed by atoms with Crippen molar-refractivity contribution in [2.45, 2.75) is 32.9 Å². The Morgan fingerprint density at radius 2 is 2.05 bits per heavy atom. The molecule has 9 heteroatoms. The summed E-state index contributed by atoms with van der Waals surface area (Å²) in [6.07, 6.45) is 4.35. The molecule has 0 saturated carbocycles. The SMILES string of the molecule is CCn1nnc(C2=CCC(C)NC2)n1.O=C(O)/C=C\C(=O)O. The molecule has 0 aromatic carbocycles. The first-order chi connectivity index (χ1) is 10.4. The molecule has 0 bridgehead atoms. The minimum absolute atomic E-state index is 0.556. The van der Waals surface area contributed by atoms with Gasteiger partial charge in [-0.05, 0) is 25.5 Å². The predicted octanol–water partition coefficient (Wildman–Crippen LogP) is 0.170. The molecule has 0 spiro atoms. The number of hydrogen-bond donors (Lipinski definition) is 3. The average Bonchev–Trinajstić information content (AvgIpc) is 2.95. The summed E-state index contributed by atoms with van der Waals surface area (Å²) < 4.78 is 0. The maximum atomic E-state index is 9.55. The molecule has 120 valence electrons. The van der Waals surface area contributed by atoms with E-state index in [0.717, 1.165) is 30.9 Å². The third kappa shape index (κ3) is 6.27. The van der Waals surface area contributed by atoms with E-state index in [1.807, 2.05) is 6.92 Å². The summed E-state index contributed by atoms with van der Waals surface area (Å²) in [6.45, 7) is 5.78. The molecule has 1 atom stereocenters. The van der Waals surface area contributed by atoms with Gasteiger partial charge in [-0.1, -0.05) is 6.08 Å². The molecule has 0 aliphatic carbocycles. The van der Waals surface area contributed by atoms with E-state index in [2.05, 4.69) is 33.7 Å². The van der Waals surface area contributed by atoms with Gasteiger partial charge in [-0.2, -0.15) is 4.80 Å². The largest absolute Gasteiger partial charge is 0.478 e. The minimum Gasteiger partial charge on any atom is -0.478 e. The third-order valence-electron chi connectivity index (χ3n) is 2.75. The van der Waals surface area contributed by atoms with E-state index in [9.17, 15) is 9.59 Å². The van der Waals surface area contributed by atoms with E-state index in [4.69, 9.17) is 10.2 Å². The molecule has 1 aliphatic rings. The van der Waals surface area contributed by atoms with Gasteiger partial charge in [0.15, 0.2) is 0 Å². The van der Waals surface area contributed by atoms with E-state index in [-0.39, 0.29) is 0 Å². The van der Waals surface area contributed by atoms with Crippen LogP contribution in [0.2, 0.25) is 0 Å². The Balaban J connectivity index is 0.000000261. The van der Waals surface area contributed by atoms with Gasteiger partial charge in [0.1, 0.15) is 0 Å². The molecule has 0 saturated heterocycles. The van der Waals surface area contributed by atoms with Crippen LogP contribution < -0.4 is 5.32 Å². The van der Waals surface area contributed by atoms with Crippen molar-refractivity contribution in [1.82, 2.24) is 25.5 Å². The fourth-order valence-electron chi connectivity index (χ4n) is 1.58. The highest BCUT2D eigenvalue weighted by Crippen LogP contribution is 2.13. The lowest BCUT2D eigenvalue weighted by molar-refractivity contribution is -0.134. The molecule has 0 radical (unpaired) electrons. The van der Waals surface area contributed by atoms with Crippen LogP contribution in [0.5, 0.6) is 0 Å². The highest BCUT2D eigenvalue weighted by molar-refractivity contribution is 5.89. The summed E-state index contributed by atoms with van der Waals surface area (Å²) in [7, 11) is 0. The lowest BCUT2D eigenvalue weighted by atomic mass is 10.1. The Bertz CT molecular complexity index is 563. The highest BCUT2D eigenvalue weighted by Gasteiger charge is 2.14. The molecule has 1 aromatic heterocycles. The molecule has 3 N–H and O–H groups in total. The molecule has 2 rings (SSSR count). The highest BCUT2D eigenvalue weighted by atomic mass is 16.4. The fourth-order valence-corrected chi connectivity index (χ4v) is 1.58. The van der Waals surface area contributed by atoms with Gasteiger partial charge in [-0.25, -0.2) is 9.59 Å². The molecule has 1 unspecified atom stereocenters. The van der Waals surface area contributed by atoms with Crippen LogP contribution in [0.15, 0.2) is 18.2 Å². The molecule has 0 fully saturated rings. The van der Waals surface area contributed by atoms with Gasteiger partial charge in [0, 0.05) is 30.3 Å². The number of aryl methyl sites for hydroxylation is 1. The van der Waals surface area contributed by atoms with E-state index in [0.29, 0.717) is 18.2 Å². The number of aliphatic carboxylic acids is 2. The number of carboxylic acid groups (broad SMARTS) is 2. The van der Waals surface area contributed by atoms with Crippen molar-refractivity contribution in [2.75, 3.05) is 6.54 Å². The van der Waals surface area contributed by atoms with Crippen molar-refractivity contribution in [1.29, 1.82) is 0 Å². The van der Waals surface area contributed by atoms with Crippen LogP contribution in [0, 0.1) is 0 Å². The van der Waals surface area contributed by atoms with Crippen LogP contribution in [-0.2, 0) is 16.1 Å². The fraction of sp³-hybridized carbons (Fsp3) is 0.462. The van der Waals surface area contributed by atoms with E-state index < -0.39 is 11.9 Å². The second-order valence-corrected chi connectivity index (χ2v) is 4.56. The average molecular weight is 309 g/mol. The lowest BCUT2D eigenvalue weighted by Crippen LogP contribution is -2.30. The summed E-state index contributed by atoms with van der Waals surface area (Å²) in [5.74, 6) is -1.76. The number of nitrogens with zero attached hydrogens (tertiary/aromatic N) is 4. The maximum absolute atomic E-state index is 9.55.